The molecular formula is C19H20N8OS. The summed E-state index contributed by atoms with van der Waals surface area (Å²) in [6.45, 7) is 1.92. The molecule has 3 aromatic heterocycles. The number of thioether (sulfide) groups is 1. The van der Waals surface area contributed by atoms with Crippen LogP contribution in [0.4, 0.5) is 0 Å². The van der Waals surface area contributed by atoms with Crippen LogP contribution in [0.3, 0.4) is 0 Å². The van der Waals surface area contributed by atoms with Gasteiger partial charge in [0.25, 0.3) is 5.91 Å². The highest BCUT2D eigenvalue weighted by molar-refractivity contribution is 7.98. The van der Waals surface area contributed by atoms with E-state index in [1.54, 1.807) is 22.5 Å². The van der Waals surface area contributed by atoms with E-state index in [0.29, 0.717) is 5.56 Å². The highest BCUT2D eigenvalue weighted by Crippen LogP contribution is 2.20. The van der Waals surface area contributed by atoms with E-state index in [4.69, 9.17) is 0 Å². The number of carbonyl (C=O) groups excluding carboxylic acids is 1. The number of carbonyl (C=O) groups is 1. The second-order valence-corrected chi connectivity index (χ2v) is 7.54. The summed E-state index contributed by atoms with van der Waals surface area (Å²) >= 11 is 1.73. The molecule has 10 heteroatoms. The Balaban J connectivity index is 1.59. The fourth-order valence-corrected chi connectivity index (χ4v) is 3.64. The summed E-state index contributed by atoms with van der Waals surface area (Å²) in [6, 6.07) is 10.9. The van der Waals surface area contributed by atoms with Crippen molar-refractivity contribution in [2.75, 3.05) is 12.0 Å². The van der Waals surface area contributed by atoms with Crippen LogP contribution < -0.4 is 5.32 Å². The summed E-state index contributed by atoms with van der Waals surface area (Å²) in [6.07, 6.45) is 6.23. The van der Waals surface area contributed by atoms with Crippen LogP contribution in [0.1, 0.15) is 34.2 Å². The van der Waals surface area contributed by atoms with Gasteiger partial charge in [0, 0.05) is 11.8 Å². The van der Waals surface area contributed by atoms with E-state index < -0.39 is 0 Å². The maximum Gasteiger partial charge on any atom is 0.251 e. The Morgan fingerprint density at radius 2 is 2.14 bits per heavy atom. The molecule has 0 bridgehead atoms. The first-order valence-corrected chi connectivity index (χ1v) is 10.5. The lowest BCUT2D eigenvalue weighted by atomic mass is 10.1. The highest BCUT2D eigenvalue weighted by Gasteiger charge is 2.21. The minimum Gasteiger partial charge on any atom is -0.342 e. The molecule has 3 heterocycles. The van der Waals surface area contributed by atoms with E-state index in [9.17, 15) is 4.79 Å². The van der Waals surface area contributed by atoms with Gasteiger partial charge in [0.1, 0.15) is 6.33 Å². The molecule has 1 amide bonds. The summed E-state index contributed by atoms with van der Waals surface area (Å²) in [7, 11) is 0. The number of nitrogens with zero attached hydrogens (tertiary/aromatic N) is 7. The van der Waals surface area contributed by atoms with Gasteiger partial charge in [-0.15, -0.1) is 15.3 Å². The number of hydrogen-bond donors (Lipinski definition) is 1. The third kappa shape index (κ3) is 3.97. The number of aryl methyl sites for hydroxylation is 1. The molecule has 0 aliphatic carbocycles. The maximum absolute atomic E-state index is 13.0. The van der Waals surface area contributed by atoms with Crippen molar-refractivity contribution in [3.8, 4) is 5.69 Å². The summed E-state index contributed by atoms with van der Waals surface area (Å²) in [5.41, 5.74) is 3.06. The maximum atomic E-state index is 13.0. The van der Waals surface area contributed by atoms with Crippen molar-refractivity contribution < 1.29 is 4.79 Å². The van der Waals surface area contributed by atoms with Crippen LogP contribution in [-0.2, 0) is 0 Å². The van der Waals surface area contributed by atoms with E-state index in [1.807, 2.05) is 54.1 Å². The Labute approximate surface area is 171 Å². The molecule has 1 N–H and O–H groups in total. The second kappa shape index (κ2) is 8.39. The number of nitrogens with one attached hydrogen (secondary N) is 1. The summed E-state index contributed by atoms with van der Waals surface area (Å²) in [5.74, 6) is 1.46. The zero-order valence-corrected chi connectivity index (χ0v) is 16.9. The Morgan fingerprint density at radius 1 is 1.24 bits per heavy atom. The lowest BCUT2D eigenvalue weighted by molar-refractivity contribution is 0.0933. The standard InChI is InChI=1S/C19H20N8OS/c1-13-11-14(6-7-16(13)27-12-20-24-25-27)19(28)21-15(8-10-29-2)18-23-22-17-5-3-4-9-26(17)18/h3-7,9,11-12,15H,8,10H2,1-2H3,(H,21,28). The van der Waals surface area contributed by atoms with Crippen LogP contribution in [-0.4, -0.2) is 52.7 Å². The van der Waals surface area contributed by atoms with Crippen molar-refractivity contribution in [2.45, 2.75) is 19.4 Å². The molecular weight excluding hydrogens is 388 g/mol. The molecule has 0 aliphatic rings. The van der Waals surface area contributed by atoms with E-state index in [-0.39, 0.29) is 11.9 Å². The van der Waals surface area contributed by atoms with Gasteiger partial charge < -0.3 is 5.32 Å². The SMILES string of the molecule is CSCCC(NC(=O)c1ccc(-n2cnnn2)c(C)c1)c1nnc2ccccn12. The van der Waals surface area contributed by atoms with Crippen LogP contribution in [0.15, 0.2) is 48.9 Å². The van der Waals surface area contributed by atoms with Crippen LogP contribution in [0.5, 0.6) is 0 Å². The number of amides is 1. The van der Waals surface area contributed by atoms with E-state index in [0.717, 1.165) is 34.9 Å². The van der Waals surface area contributed by atoms with Crippen molar-refractivity contribution in [3.05, 3.63) is 65.9 Å². The third-order valence-corrected chi connectivity index (χ3v) is 5.27. The monoisotopic (exact) mass is 408 g/mol. The average Bonchev–Trinajstić information content (AvgIpc) is 3.41. The van der Waals surface area contributed by atoms with Gasteiger partial charge in [-0.2, -0.15) is 11.8 Å². The van der Waals surface area contributed by atoms with Gasteiger partial charge in [-0.25, -0.2) is 4.68 Å². The van der Waals surface area contributed by atoms with Crippen LogP contribution in [0, 0.1) is 6.92 Å². The normalized spacial score (nSPS) is 12.2. The van der Waals surface area contributed by atoms with E-state index >= 15 is 0 Å². The van der Waals surface area contributed by atoms with Crippen LogP contribution in [0.2, 0.25) is 0 Å². The molecule has 1 atom stereocenters. The topological polar surface area (TPSA) is 103 Å². The quantitative estimate of drug-likeness (QED) is 0.500. The van der Waals surface area contributed by atoms with Gasteiger partial charge in [-0.3, -0.25) is 9.20 Å². The van der Waals surface area contributed by atoms with Crippen molar-refractivity contribution in [1.82, 2.24) is 40.1 Å². The molecule has 1 unspecified atom stereocenters. The number of fused-ring (bicyclic) bond motifs is 1. The number of hydrogen-bond acceptors (Lipinski definition) is 7. The fraction of sp³-hybridized carbons (Fsp3) is 0.263. The zero-order valence-electron chi connectivity index (χ0n) is 16.1. The molecule has 0 aliphatic heterocycles. The molecule has 1 aromatic carbocycles. The van der Waals surface area contributed by atoms with Crippen molar-refractivity contribution in [3.63, 3.8) is 0 Å². The zero-order chi connectivity index (χ0) is 20.2. The minimum absolute atomic E-state index is 0.157. The van der Waals surface area contributed by atoms with Gasteiger partial charge in [-0.05, 0) is 71.7 Å². The Morgan fingerprint density at radius 3 is 2.90 bits per heavy atom. The molecule has 4 aromatic rings. The van der Waals surface area contributed by atoms with Gasteiger partial charge in [0.2, 0.25) is 0 Å². The summed E-state index contributed by atoms with van der Waals surface area (Å²) in [5, 5.41) is 22.9. The van der Waals surface area contributed by atoms with Crippen molar-refractivity contribution >= 4 is 23.3 Å². The highest BCUT2D eigenvalue weighted by atomic mass is 32.2. The number of rotatable bonds is 7. The lowest BCUT2D eigenvalue weighted by Gasteiger charge is -2.17. The summed E-state index contributed by atoms with van der Waals surface area (Å²) < 4.78 is 3.48. The first-order chi connectivity index (χ1) is 14.2. The first-order valence-electron chi connectivity index (χ1n) is 9.11. The van der Waals surface area contributed by atoms with E-state index in [1.165, 1.54) is 6.33 Å². The molecule has 148 valence electrons. The smallest absolute Gasteiger partial charge is 0.251 e. The minimum atomic E-state index is -0.244. The third-order valence-electron chi connectivity index (χ3n) is 4.62. The largest absolute Gasteiger partial charge is 0.342 e. The second-order valence-electron chi connectivity index (χ2n) is 6.55. The Bertz CT molecular complexity index is 1120. The molecule has 0 saturated carbocycles. The van der Waals surface area contributed by atoms with Gasteiger partial charge in [0.05, 0.1) is 11.7 Å². The molecule has 4 rings (SSSR count). The van der Waals surface area contributed by atoms with Crippen molar-refractivity contribution in [2.24, 2.45) is 0 Å². The first kappa shape index (κ1) is 19.1. The molecule has 0 radical (unpaired) electrons. The number of tetrazole rings is 1. The van der Waals surface area contributed by atoms with Crippen LogP contribution in [0.25, 0.3) is 11.3 Å². The lowest BCUT2D eigenvalue weighted by Crippen LogP contribution is -2.30. The average molecular weight is 408 g/mol. The van der Waals surface area contributed by atoms with Crippen LogP contribution >= 0.6 is 11.8 Å². The number of aromatic nitrogens is 7. The number of pyridine rings is 1. The molecule has 29 heavy (non-hydrogen) atoms. The van der Waals surface area contributed by atoms with Gasteiger partial charge >= 0.3 is 0 Å². The molecule has 9 nitrogen and oxygen atoms in total. The van der Waals surface area contributed by atoms with E-state index in [2.05, 4.69) is 31.0 Å². The van der Waals surface area contributed by atoms with Crippen molar-refractivity contribution in [1.29, 1.82) is 0 Å². The predicted molar refractivity (Wildman–Crippen MR) is 110 cm³/mol. The Kier molecular flexibility index (Phi) is 5.52. The fourth-order valence-electron chi connectivity index (χ4n) is 3.17. The van der Waals surface area contributed by atoms with Gasteiger partial charge in [-0.1, -0.05) is 6.07 Å². The predicted octanol–water partition coefficient (Wildman–Crippen LogP) is 2.24. The number of benzene rings is 1. The van der Waals surface area contributed by atoms with Gasteiger partial charge in [0.15, 0.2) is 11.5 Å². The molecule has 0 saturated heterocycles. The Hall–Kier alpha value is -3.27. The molecule has 0 spiro atoms. The molecule has 0 fully saturated rings. The summed E-state index contributed by atoms with van der Waals surface area (Å²) in [4.78, 5) is 13.0.